The number of hydrogen-bond acceptors (Lipinski definition) is 3. The van der Waals surface area contributed by atoms with Crippen LogP contribution in [0, 0.1) is 5.82 Å². The number of piperazine rings is 2. The summed E-state index contributed by atoms with van der Waals surface area (Å²) in [6.45, 7) is 3.92. The second-order valence-electron chi connectivity index (χ2n) is 4.81. The zero-order chi connectivity index (χ0) is 12.5. The van der Waals surface area contributed by atoms with Crippen molar-refractivity contribution in [3.8, 4) is 0 Å². The summed E-state index contributed by atoms with van der Waals surface area (Å²) in [5.41, 5.74) is 0.784. The Morgan fingerprint density at radius 3 is 2.83 bits per heavy atom. The number of carbonyl (C=O) groups is 1. The van der Waals surface area contributed by atoms with E-state index in [4.69, 9.17) is 0 Å². The Labute approximate surface area is 105 Å². The van der Waals surface area contributed by atoms with Gasteiger partial charge in [-0.1, -0.05) is 0 Å². The van der Waals surface area contributed by atoms with Gasteiger partial charge in [0.05, 0.1) is 6.54 Å². The Morgan fingerprint density at radius 1 is 1.28 bits per heavy atom. The van der Waals surface area contributed by atoms with Crippen molar-refractivity contribution < 1.29 is 9.18 Å². The van der Waals surface area contributed by atoms with E-state index in [1.807, 2.05) is 0 Å². The first-order valence-electron chi connectivity index (χ1n) is 6.25. The minimum absolute atomic E-state index is 0.0970. The monoisotopic (exact) mass is 249 g/mol. The van der Waals surface area contributed by atoms with Crippen LogP contribution < -0.4 is 10.2 Å². The molecule has 1 unspecified atom stereocenters. The number of hydrogen-bond donors (Lipinski definition) is 1. The second-order valence-corrected chi connectivity index (χ2v) is 4.81. The van der Waals surface area contributed by atoms with Crippen LogP contribution in [0.25, 0.3) is 0 Å². The van der Waals surface area contributed by atoms with Gasteiger partial charge in [-0.05, 0) is 24.3 Å². The molecule has 4 nitrogen and oxygen atoms in total. The molecule has 96 valence electrons. The third-order valence-corrected chi connectivity index (χ3v) is 3.64. The number of amides is 1. The molecule has 2 fully saturated rings. The molecule has 1 N–H and O–H groups in total. The molecule has 1 atom stereocenters. The van der Waals surface area contributed by atoms with Crippen LogP contribution in [0.15, 0.2) is 24.3 Å². The number of benzene rings is 1. The lowest BCUT2D eigenvalue weighted by Crippen LogP contribution is -2.63. The molecule has 0 radical (unpaired) electrons. The summed E-state index contributed by atoms with van der Waals surface area (Å²) in [4.78, 5) is 16.1. The third-order valence-electron chi connectivity index (χ3n) is 3.64. The fourth-order valence-electron chi connectivity index (χ4n) is 2.63. The predicted octanol–water partition coefficient (Wildman–Crippen LogP) is 0.446. The first-order chi connectivity index (χ1) is 8.74. The van der Waals surface area contributed by atoms with E-state index in [-0.39, 0.29) is 11.7 Å². The average Bonchev–Trinajstić information content (AvgIpc) is 2.39. The van der Waals surface area contributed by atoms with Crippen molar-refractivity contribution in [1.82, 2.24) is 10.2 Å². The molecule has 0 bridgehead atoms. The Kier molecular flexibility index (Phi) is 3.01. The van der Waals surface area contributed by atoms with E-state index < -0.39 is 0 Å². The smallest absolute Gasteiger partial charge is 0.241 e. The van der Waals surface area contributed by atoms with Gasteiger partial charge in [-0.2, -0.15) is 0 Å². The van der Waals surface area contributed by atoms with Crippen LogP contribution >= 0.6 is 0 Å². The van der Waals surface area contributed by atoms with E-state index >= 15 is 0 Å². The summed E-state index contributed by atoms with van der Waals surface area (Å²) in [5, 5.41) is 3.34. The van der Waals surface area contributed by atoms with Crippen molar-refractivity contribution in [2.24, 2.45) is 0 Å². The number of anilines is 1. The molecule has 18 heavy (non-hydrogen) atoms. The van der Waals surface area contributed by atoms with Crippen LogP contribution in [0.2, 0.25) is 0 Å². The third kappa shape index (κ3) is 2.11. The van der Waals surface area contributed by atoms with Crippen LogP contribution in [0.3, 0.4) is 0 Å². The van der Waals surface area contributed by atoms with Crippen LogP contribution in [0.4, 0.5) is 10.1 Å². The second kappa shape index (κ2) is 4.66. The summed E-state index contributed by atoms with van der Waals surface area (Å²) in [7, 11) is 0. The molecule has 1 aromatic carbocycles. The molecule has 2 aliphatic rings. The zero-order valence-electron chi connectivity index (χ0n) is 10.1. The highest BCUT2D eigenvalue weighted by molar-refractivity contribution is 5.95. The topological polar surface area (TPSA) is 35.6 Å². The number of nitrogens with one attached hydrogen (secondary N) is 1. The Balaban J connectivity index is 1.80. The minimum Gasteiger partial charge on any atom is -0.314 e. The van der Waals surface area contributed by atoms with Gasteiger partial charge in [0, 0.05) is 37.9 Å². The highest BCUT2D eigenvalue weighted by atomic mass is 19.1. The van der Waals surface area contributed by atoms with Gasteiger partial charge < -0.3 is 10.2 Å². The molecule has 2 heterocycles. The largest absolute Gasteiger partial charge is 0.314 e. The van der Waals surface area contributed by atoms with Crippen molar-refractivity contribution in [3.05, 3.63) is 30.1 Å². The fraction of sp³-hybridized carbons (Fsp3) is 0.462. The number of nitrogens with zero attached hydrogens (tertiary/aromatic N) is 2. The summed E-state index contributed by atoms with van der Waals surface area (Å²) in [6, 6.07) is 6.49. The number of fused-ring (bicyclic) bond motifs is 1. The fourth-order valence-corrected chi connectivity index (χ4v) is 2.63. The molecule has 1 amide bonds. The highest BCUT2D eigenvalue weighted by Gasteiger charge is 2.33. The number of carbonyl (C=O) groups excluding carboxylic acids is 1. The Morgan fingerprint density at radius 2 is 2.06 bits per heavy atom. The van der Waals surface area contributed by atoms with Crippen LogP contribution in [-0.4, -0.2) is 49.6 Å². The maximum atomic E-state index is 12.9. The van der Waals surface area contributed by atoms with Crippen LogP contribution in [0.5, 0.6) is 0 Å². The van der Waals surface area contributed by atoms with Gasteiger partial charge in [0.1, 0.15) is 5.82 Å². The highest BCUT2D eigenvalue weighted by Crippen LogP contribution is 2.21. The lowest BCUT2D eigenvalue weighted by atomic mass is 10.1. The molecule has 2 saturated heterocycles. The first kappa shape index (κ1) is 11.6. The molecule has 0 saturated carbocycles. The summed E-state index contributed by atoms with van der Waals surface area (Å²) < 4.78 is 12.9. The van der Waals surface area contributed by atoms with Crippen molar-refractivity contribution >= 4 is 11.6 Å². The van der Waals surface area contributed by atoms with Crippen molar-refractivity contribution in [3.63, 3.8) is 0 Å². The minimum atomic E-state index is -0.274. The number of rotatable bonds is 1. The zero-order valence-corrected chi connectivity index (χ0v) is 10.1. The van der Waals surface area contributed by atoms with E-state index in [1.165, 1.54) is 12.1 Å². The van der Waals surface area contributed by atoms with Gasteiger partial charge in [-0.15, -0.1) is 0 Å². The number of halogens is 1. The lowest BCUT2D eigenvalue weighted by Gasteiger charge is -2.43. The molecule has 0 spiro atoms. The molecule has 0 aliphatic carbocycles. The average molecular weight is 249 g/mol. The van der Waals surface area contributed by atoms with E-state index in [9.17, 15) is 9.18 Å². The predicted molar refractivity (Wildman–Crippen MR) is 67.0 cm³/mol. The normalized spacial score (nSPS) is 25.1. The quantitative estimate of drug-likeness (QED) is 0.785. The van der Waals surface area contributed by atoms with Gasteiger partial charge in [0.2, 0.25) is 5.91 Å². The molecule has 1 aromatic rings. The lowest BCUT2D eigenvalue weighted by molar-refractivity contribution is -0.122. The van der Waals surface area contributed by atoms with Crippen molar-refractivity contribution in [1.29, 1.82) is 0 Å². The van der Waals surface area contributed by atoms with Gasteiger partial charge in [-0.25, -0.2) is 4.39 Å². The summed E-state index contributed by atoms with van der Waals surface area (Å²) in [6.07, 6.45) is 0. The molecule has 0 aromatic heterocycles. The summed E-state index contributed by atoms with van der Waals surface area (Å²) >= 11 is 0. The van der Waals surface area contributed by atoms with Crippen LogP contribution in [-0.2, 0) is 4.79 Å². The Bertz CT molecular complexity index is 448. The standard InChI is InChI=1S/C13H16FN3O/c14-10-1-3-11(4-2-10)17-8-12-7-15-5-6-16(12)9-13(17)18/h1-4,12,15H,5-9H2. The molecular formula is C13H16FN3O. The molecule has 3 rings (SSSR count). The van der Waals surface area contributed by atoms with Gasteiger partial charge in [0.15, 0.2) is 0 Å². The summed E-state index contributed by atoms with van der Waals surface area (Å²) in [5.74, 6) is -0.177. The van der Waals surface area contributed by atoms with Crippen molar-refractivity contribution in [2.75, 3.05) is 37.6 Å². The van der Waals surface area contributed by atoms with E-state index in [1.54, 1.807) is 17.0 Å². The molecular weight excluding hydrogens is 233 g/mol. The van der Waals surface area contributed by atoms with Crippen LogP contribution in [0.1, 0.15) is 0 Å². The molecule has 5 heteroatoms. The van der Waals surface area contributed by atoms with E-state index in [0.717, 1.165) is 25.3 Å². The molecule has 2 aliphatic heterocycles. The van der Waals surface area contributed by atoms with Gasteiger partial charge >= 0.3 is 0 Å². The maximum Gasteiger partial charge on any atom is 0.241 e. The van der Waals surface area contributed by atoms with Crippen molar-refractivity contribution in [2.45, 2.75) is 6.04 Å². The Hall–Kier alpha value is -1.46. The van der Waals surface area contributed by atoms with E-state index in [2.05, 4.69) is 10.2 Å². The first-order valence-corrected chi connectivity index (χ1v) is 6.25. The van der Waals surface area contributed by atoms with Gasteiger partial charge in [-0.3, -0.25) is 9.69 Å². The van der Waals surface area contributed by atoms with E-state index in [0.29, 0.717) is 19.1 Å². The maximum absolute atomic E-state index is 12.9. The SMILES string of the molecule is O=C1CN2CCNCC2CN1c1ccc(F)cc1. The van der Waals surface area contributed by atoms with Gasteiger partial charge in [0.25, 0.3) is 0 Å².